The zero-order valence-electron chi connectivity index (χ0n) is 12.0. The molecule has 1 heterocycles. The van der Waals surface area contributed by atoms with Gasteiger partial charge in [-0.2, -0.15) is 0 Å². The van der Waals surface area contributed by atoms with Gasteiger partial charge in [-0.15, -0.1) is 0 Å². The van der Waals surface area contributed by atoms with Crippen LogP contribution in [0.5, 0.6) is 5.75 Å². The van der Waals surface area contributed by atoms with Crippen LogP contribution in [0.2, 0.25) is 0 Å². The maximum atomic E-state index is 12.8. The van der Waals surface area contributed by atoms with Crippen molar-refractivity contribution in [1.29, 1.82) is 0 Å². The lowest BCUT2D eigenvalue weighted by atomic mass is 10.0. The van der Waals surface area contributed by atoms with Crippen molar-refractivity contribution in [1.82, 2.24) is 4.57 Å². The molecule has 3 rings (SSSR count). The molecule has 0 spiro atoms. The molecular formula is C16H19NO3S. The van der Waals surface area contributed by atoms with Crippen molar-refractivity contribution in [3.8, 4) is 5.75 Å². The number of hydrogen-bond donors (Lipinski definition) is 1. The Morgan fingerprint density at radius 3 is 2.57 bits per heavy atom. The van der Waals surface area contributed by atoms with Gasteiger partial charge in [-0.05, 0) is 25.0 Å². The van der Waals surface area contributed by atoms with E-state index in [1.807, 2.05) is 6.07 Å². The largest absolute Gasteiger partial charge is 0.506 e. The quantitative estimate of drug-likeness (QED) is 0.928. The number of hydrogen-bond acceptors (Lipinski definition) is 3. The van der Waals surface area contributed by atoms with Crippen LogP contribution in [0.4, 0.5) is 0 Å². The fourth-order valence-electron chi connectivity index (χ4n) is 3.08. The fourth-order valence-corrected chi connectivity index (χ4v) is 4.78. The summed E-state index contributed by atoms with van der Waals surface area (Å²) in [5.41, 5.74) is 0.305. The SMILES string of the molecule is Cn1c(=O)c([S@@](=O)C2CCCCC2)c(O)c2ccccc21. The number of aryl methyl sites for hydroxylation is 1. The number of aromatic nitrogens is 1. The van der Waals surface area contributed by atoms with E-state index in [1.54, 1.807) is 25.2 Å². The van der Waals surface area contributed by atoms with E-state index in [2.05, 4.69) is 0 Å². The molecule has 0 aliphatic heterocycles. The molecule has 0 radical (unpaired) electrons. The Kier molecular flexibility index (Phi) is 3.85. The van der Waals surface area contributed by atoms with Crippen LogP contribution in [0.25, 0.3) is 10.9 Å². The Labute approximate surface area is 125 Å². The third kappa shape index (κ3) is 2.39. The number of pyridine rings is 1. The smallest absolute Gasteiger partial charge is 0.270 e. The van der Waals surface area contributed by atoms with Crippen LogP contribution >= 0.6 is 0 Å². The maximum absolute atomic E-state index is 12.8. The summed E-state index contributed by atoms with van der Waals surface area (Å²) in [6, 6.07) is 7.16. The third-order valence-corrected chi connectivity index (χ3v) is 6.14. The number of aromatic hydroxyl groups is 1. The van der Waals surface area contributed by atoms with Crippen LogP contribution in [-0.2, 0) is 17.8 Å². The van der Waals surface area contributed by atoms with E-state index in [0.29, 0.717) is 10.9 Å². The van der Waals surface area contributed by atoms with Crippen LogP contribution in [-0.4, -0.2) is 19.1 Å². The number of fused-ring (bicyclic) bond motifs is 1. The zero-order chi connectivity index (χ0) is 15.0. The Morgan fingerprint density at radius 2 is 1.86 bits per heavy atom. The second kappa shape index (κ2) is 5.64. The van der Waals surface area contributed by atoms with Gasteiger partial charge in [-0.25, -0.2) is 0 Å². The summed E-state index contributed by atoms with van der Waals surface area (Å²) in [5.74, 6) is -0.113. The highest BCUT2D eigenvalue weighted by atomic mass is 32.2. The monoisotopic (exact) mass is 305 g/mol. The first kappa shape index (κ1) is 14.3. The molecule has 4 nitrogen and oxygen atoms in total. The van der Waals surface area contributed by atoms with Crippen molar-refractivity contribution < 1.29 is 9.32 Å². The van der Waals surface area contributed by atoms with Crippen LogP contribution in [0.15, 0.2) is 34.0 Å². The predicted octanol–water partition coefficient (Wildman–Crippen LogP) is 2.68. The van der Waals surface area contributed by atoms with Gasteiger partial charge in [0.15, 0.2) is 0 Å². The van der Waals surface area contributed by atoms with Crippen LogP contribution < -0.4 is 5.56 Å². The molecule has 21 heavy (non-hydrogen) atoms. The maximum Gasteiger partial charge on any atom is 0.270 e. The van der Waals surface area contributed by atoms with E-state index < -0.39 is 10.8 Å². The minimum Gasteiger partial charge on any atom is -0.506 e. The summed E-state index contributed by atoms with van der Waals surface area (Å²) < 4.78 is 14.3. The van der Waals surface area contributed by atoms with E-state index in [4.69, 9.17) is 0 Å². The molecule has 112 valence electrons. The van der Waals surface area contributed by atoms with Gasteiger partial charge in [0, 0.05) is 17.7 Å². The average Bonchev–Trinajstić information content (AvgIpc) is 2.53. The van der Waals surface area contributed by atoms with Crippen LogP contribution in [0.1, 0.15) is 32.1 Å². The van der Waals surface area contributed by atoms with Crippen molar-refractivity contribution in [2.45, 2.75) is 42.2 Å². The lowest BCUT2D eigenvalue weighted by molar-refractivity contribution is 0.460. The number of benzene rings is 1. The van der Waals surface area contributed by atoms with Crippen molar-refractivity contribution >= 4 is 21.7 Å². The average molecular weight is 305 g/mol. The predicted molar refractivity (Wildman–Crippen MR) is 84.1 cm³/mol. The van der Waals surface area contributed by atoms with E-state index in [0.717, 1.165) is 32.1 Å². The summed E-state index contributed by atoms with van der Waals surface area (Å²) in [6.45, 7) is 0. The molecule has 0 saturated heterocycles. The van der Waals surface area contributed by atoms with Crippen molar-refractivity contribution in [3.63, 3.8) is 0 Å². The highest BCUT2D eigenvalue weighted by molar-refractivity contribution is 7.85. The molecule has 1 aromatic heterocycles. The van der Waals surface area contributed by atoms with Crippen LogP contribution in [0.3, 0.4) is 0 Å². The van der Waals surface area contributed by atoms with Crippen molar-refractivity contribution in [2.24, 2.45) is 7.05 Å². The van der Waals surface area contributed by atoms with E-state index in [1.165, 1.54) is 4.57 Å². The molecule has 2 aromatic rings. The molecule has 0 amide bonds. The minimum absolute atomic E-state index is 0.0153. The molecule has 1 aliphatic rings. The highest BCUT2D eigenvalue weighted by Gasteiger charge is 2.27. The molecule has 1 atom stereocenters. The molecule has 0 bridgehead atoms. The van der Waals surface area contributed by atoms with Gasteiger partial charge in [0.1, 0.15) is 10.6 Å². The Morgan fingerprint density at radius 1 is 1.19 bits per heavy atom. The standard InChI is InChI=1S/C16H19NO3S/c1-17-13-10-6-5-9-12(13)14(18)15(16(17)19)21(20)11-7-3-2-4-8-11/h5-6,9-11,18H,2-4,7-8H2,1H3/t21-/m0/s1. The summed E-state index contributed by atoms with van der Waals surface area (Å²) in [7, 11) is 0.216. The van der Waals surface area contributed by atoms with E-state index in [-0.39, 0.29) is 21.5 Å². The number of para-hydroxylation sites is 1. The normalized spacial score (nSPS) is 18.0. The van der Waals surface area contributed by atoms with Gasteiger partial charge in [-0.3, -0.25) is 9.00 Å². The van der Waals surface area contributed by atoms with Crippen molar-refractivity contribution in [2.75, 3.05) is 0 Å². The lowest BCUT2D eigenvalue weighted by Gasteiger charge is -2.21. The lowest BCUT2D eigenvalue weighted by Crippen LogP contribution is -2.27. The molecule has 0 unspecified atom stereocenters. The first-order valence-corrected chi connectivity index (χ1v) is 8.54. The molecule has 1 N–H and O–H groups in total. The topological polar surface area (TPSA) is 59.3 Å². The Hall–Kier alpha value is -1.62. The molecule has 1 saturated carbocycles. The number of nitrogens with zero attached hydrogens (tertiary/aromatic N) is 1. The Bertz CT molecular complexity index is 760. The second-order valence-corrected chi connectivity index (χ2v) is 7.29. The van der Waals surface area contributed by atoms with Gasteiger partial charge in [0.2, 0.25) is 0 Å². The zero-order valence-corrected chi connectivity index (χ0v) is 12.9. The first-order valence-electron chi connectivity index (χ1n) is 7.32. The molecule has 1 fully saturated rings. The van der Waals surface area contributed by atoms with E-state index in [9.17, 15) is 14.1 Å². The summed E-state index contributed by atoms with van der Waals surface area (Å²) in [5, 5.41) is 11.0. The van der Waals surface area contributed by atoms with Gasteiger partial charge in [0.05, 0.1) is 16.3 Å². The minimum atomic E-state index is -1.44. The molecule has 1 aromatic carbocycles. The van der Waals surface area contributed by atoms with Gasteiger partial charge in [-0.1, -0.05) is 31.4 Å². The molecule has 1 aliphatic carbocycles. The van der Waals surface area contributed by atoms with E-state index >= 15 is 0 Å². The summed E-state index contributed by atoms with van der Waals surface area (Å²) >= 11 is 0. The summed E-state index contributed by atoms with van der Waals surface area (Å²) in [6.07, 6.45) is 4.98. The number of rotatable bonds is 2. The van der Waals surface area contributed by atoms with Crippen molar-refractivity contribution in [3.05, 3.63) is 34.6 Å². The first-order chi connectivity index (χ1) is 10.1. The second-order valence-electron chi connectivity index (χ2n) is 5.62. The van der Waals surface area contributed by atoms with Gasteiger partial charge >= 0.3 is 0 Å². The Balaban J connectivity index is 2.18. The third-order valence-electron chi connectivity index (χ3n) is 4.29. The van der Waals surface area contributed by atoms with Gasteiger partial charge < -0.3 is 9.67 Å². The molecule has 5 heteroatoms. The van der Waals surface area contributed by atoms with Crippen LogP contribution in [0, 0.1) is 0 Å². The molecular weight excluding hydrogens is 286 g/mol. The summed E-state index contributed by atoms with van der Waals surface area (Å²) in [4.78, 5) is 12.6. The fraction of sp³-hybridized carbons (Fsp3) is 0.438. The van der Waals surface area contributed by atoms with Gasteiger partial charge in [0.25, 0.3) is 5.56 Å². The highest BCUT2D eigenvalue weighted by Crippen LogP contribution is 2.32.